The van der Waals surface area contributed by atoms with E-state index in [4.69, 9.17) is 10.5 Å². The topological polar surface area (TPSA) is 69.4 Å². The van der Waals surface area contributed by atoms with Crippen LogP contribution in [-0.2, 0) is 0 Å². The number of benzene rings is 2. The molecule has 2 aromatic rings. The molecule has 2 rings (SSSR count). The van der Waals surface area contributed by atoms with Gasteiger partial charge in [-0.05, 0) is 24.3 Å². The van der Waals surface area contributed by atoms with Gasteiger partial charge in [-0.3, -0.25) is 4.79 Å². The normalized spacial score (nSPS) is 9.95. The minimum absolute atomic E-state index is 0.0478. The highest BCUT2D eigenvalue weighted by atomic mass is 16.5. The SMILES string of the molecule is NCC(=O)c1ccc(C(=O)Oc2ccccc2)cc1. The van der Waals surface area contributed by atoms with Crippen molar-refractivity contribution in [1.82, 2.24) is 0 Å². The van der Waals surface area contributed by atoms with Gasteiger partial charge in [-0.25, -0.2) is 4.79 Å². The van der Waals surface area contributed by atoms with Crippen LogP contribution in [-0.4, -0.2) is 18.3 Å². The lowest BCUT2D eigenvalue weighted by Gasteiger charge is -2.04. The highest BCUT2D eigenvalue weighted by molar-refractivity contribution is 5.99. The molecular formula is C15H13NO3. The maximum absolute atomic E-state index is 11.8. The number of ketones is 1. The van der Waals surface area contributed by atoms with Gasteiger partial charge in [0.25, 0.3) is 0 Å². The highest BCUT2D eigenvalue weighted by Crippen LogP contribution is 2.12. The zero-order valence-electron chi connectivity index (χ0n) is 10.2. The van der Waals surface area contributed by atoms with Crippen molar-refractivity contribution in [3.8, 4) is 5.75 Å². The van der Waals surface area contributed by atoms with Crippen molar-refractivity contribution in [2.45, 2.75) is 0 Å². The lowest BCUT2D eigenvalue weighted by Crippen LogP contribution is -2.14. The maximum Gasteiger partial charge on any atom is 0.343 e. The molecule has 2 aromatic carbocycles. The molecule has 0 bridgehead atoms. The summed E-state index contributed by atoms with van der Waals surface area (Å²) in [5.74, 6) is -0.143. The van der Waals surface area contributed by atoms with E-state index in [2.05, 4.69) is 0 Å². The fraction of sp³-hybridized carbons (Fsp3) is 0.0667. The summed E-state index contributed by atoms with van der Waals surface area (Å²) in [6.07, 6.45) is 0. The number of esters is 1. The van der Waals surface area contributed by atoms with E-state index in [1.165, 1.54) is 0 Å². The summed E-state index contributed by atoms with van der Waals surface area (Å²) in [4.78, 5) is 23.2. The predicted molar refractivity (Wildman–Crippen MR) is 71.2 cm³/mol. The van der Waals surface area contributed by atoms with Gasteiger partial charge >= 0.3 is 5.97 Å². The van der Waals surface area contributed by atoms with E-state index < -0.39 is 5.97 Å². The molecule has 0 aliphatic rings. The monoisotopic (exact) mass is 255 g/mol. The van der Waals surface area contributed by atoms with E-state index in [9.17, 15) is 9.59 Å². The molecule has 96 valence electrons. The molecule has 0 aromatic heterocycles. The third-order valence-electron chi connectivity index (χ3n) is 2.58. The third-order valence-corrected chi connectivity index (χ3v) is 2.58. The minimum Gasteiger partial charge on any atom is -0.423 e. The first-order valence-electron chi connectivity index (χ1n) is 5.81. The van der Waals surface area contributed by atoms with Gasteiger partial charge in [-0.1, -0.05) is 30.3 Å². The molecule has 0 radical (unpaired) electrons. The van der Waals surface area contributed by atoms with Crippen molar-refractivity contribution in [2.75, 3.05) is 6.54 Å². The zero-order valence-corrected chi connectivity index (χ0v) is 10.2. The van der Waals surface area contributed by atoms with Crippen LogP contribution in [0.15, 0.2) is 54.6 Å². The van der Waals surface area contributed by atoms with Crippen molar-refractivity contribution in [1.29, 1.82) is 0 Å². The van der Waals surface area contributed by atoms with Gasteiger partial charge in [0, 0.05) is 5.56 Å². The first-order chi connectivity index (χ1) is 9.20. The number of rotatable bonds is 4. The Balaban J connectivity index is 2.10. The van der Waals surface area contributed by atoms with Crippen molar-refractivity contribution in [3.63, 3.8) is 0 Å². The maximum atomic E-state index is 11.8. The van der Waals surface area contributed by atoms with Crippen LogP contribution in [0.1, 0.15) is 20.7 Å². The number of carbonyl (C=O) groups is 2. The molecule has 0 amide bonds. The second-order valence-corrected chi connectivity index (χ2v) is 3.91. The Hall–Kier alpha value is -2.46. The van der Waals surface area contributed by atoms with Gasteiger partial charge in [0.2, 0.25) is 0 Å². The molecule has 0 unspecified atom stereocenters. The van der Waals surface area contributed by atoms with Crippen LogP contribution >= 0.6 is 0 Å². The van der Waals surface area contributed by atoms with E-state index >= 15 is 0 Å². The number of hydrogen-bond acceptors (Lipinski definition) is 4. The van der Waals surface area contributed by atoms with Crippen LogP contribution in [0.5, 0.6) is 5.75 Å². The molecule has 0 fully saturated rings. The molecule has 2 N–H and O–H groups in total. The van der Waals surface area contributed by atoms with Crippen LogP contribution < -0.4 is 10.5 Å². The minimum atomic E-state index is -0.460. The van der Waals surface area contributed by atoms with Gasteiger partial charge in [0.05, 0.1) is 12.1 Å². The Labute approximate surface area is 110 Å². The molecule has 0 spiro atoms. The molecule has 0 aliphatic carbocycles. The Morgan fingerprint density at radius 2 is 1.47 bits per heavy atom. The van der Waals surface area contributed by atoms with Gasteiger partial charge in [0.1, 0.15) is 5.75 Å². The first-order valence-corrected chi connectivity index (χ1v) is 5.81. The number of hydrogen-bond donors (Lipinski definition) is 1. The fourth-order valence-electron chi connectivity index (χ4n) is 1.56. The second-order valence-electron chi connectivity index (χ2n) is 3.91. The molecule has 0 aliphatic heterocycles. The summed E-state index contributed by atoms with van der Waals surface area (Å²) < 4.78 is 5.18. The van der Waals surface area contributed by atoms with E-state index in [0.717, 1.165) is 0 Å². The summed E-state index contributed by atoms with van der Waals surface area (Å²) >= 11 is 0. The van der Waals surface area contributed by atoms with Crippen molar-refractivity contribution < 1.29 is 14.3 Å². The standard InChI is InChI=1S/C15H13NO3/c16-10-14(17)11-6-8-12(9-7-11)15(18)19-13-4-2-1-3-5-13/h1-9H,10,16H2. The Morgan fingerprint density at radius 1 is 0.895 bits per heavy atom. The molecular weight excluding hydrogens is 242 g/mol. The van der Waals surface area contributed by atoms with Crippen LogP contribution in [0.3, 0.4) is 0 Å². The number of ether oxygens (including phenoxy) is 1. The van der Waals surface area contributed by atoms with Crippen molar-refractivity contribution in [3.05, 3.63) is 65.7 Å². The molecule has 0 saturated heterocycles. The van der Waals surface area contributed by atoms with Gasteiger partial charge in [0.15, 0.2) is 5.78 Å². The summed E-state index contributed by atoms with van der Waals surface area (Å²) in [6, 6.07) is 15.0. The fourth-order valence-corrected chi connectivity index (χ4v) is 1.56. The number of carbonyl (C=O) groups excluding carboxylic acids is 2. The number of para-hydroxylation sites is 1. The Morgan fingerprint density at radius 3 is 2.05 bits per heavy atom. The van der Waals surface area contributed by atoms with Crippen LogP contribution in [0, 0.1) is 0 Å². The Bertz CT molecular complexity index is 576. The van der Waals surface area contributed by atoms with Crippen LogP contribution in [0.2, 0.25) is 0 Å². The van der Waals surface area contributed by atoms with Gasteiger partial charge < -0.3 is 10.5 Å². The van der Waals surface area contributed by atoms with E-state index in [0.29, 0.717) is 16.9 Å². The Kier molecular flexibility index (Phi) is 4.05. The molecule has 0 heterocycles. The van der Waals surface area contributed by atoms with Crippen LogP contribution in [0.25, 0.3) is 0 Å². The zero-order chi connectivity index (χ0) is 13.7. The first kappa shape index (κ1) is 13.0. The van der Waals surface area contributed by atoms with Crippen molar-refractivity contribution in [2.24, 2.45) is 5.73 Å². The van der Waals surface area contributed by atoms with Gasteiger partial charge in [-0.15, -0.1) is 0 Å². The largest absolute Gasteiger partial charge is 0.423 e. The summed E-state index contributed by atoms with van der Waals surface area (Å²) in [6.45, 7) is -0.0478. The highest BCUT2D eigenvalue weighted by Gasteiger charge is 2.09. The smallest absolute Gasteiger partial charge is 0.343 e. The lowest BCUT2D eigenvalue weighted by molar-refractivity contribution is 0.0734. The molecule has 0 atom stereocenters. The van der Waals surface area contributed by atoms with Gasteiger partial charge in [-0.2, -0.15) is 0 Å². The molecule has 19 heavy (non-hydrogen) atoms. The summed E-state index contributed by atoms with van der Waals surface area (Å²) in [7, 11) is 0. The quantitative estimate of drug-likeness (QED) is 0.515. The molecule has 4 nitrogen and oxygen atoms in total. The summed E-state index contributed by atoms with van der Waals surface area (Å²) in [5.41, 5.74) is 6.13. The second kappa shape index (κ2) is 5.93. The third kappa shape index (κ3) is 3.26. The summed E-state index contributed by atoms with van der Waals surface area (Å²) in [5, 5.41) is 0. The van der Waals surface area contributed by atoms with E-state index in [1.807, 2.05) is 6.07 Å². The van der Waals surface area contributed by atoms with E-state index in [-0.39, 0.29) is 12.3 Å². The lowest BCUT2D eigenvalue weighted by atomic mass is 10.1. The molecule has 4 heteroatoms. The number of nitrogens with two attached hydrogens (primary N) is 1. The van der Waals surface area contributed by atoms with Crippen LogP contribution in [0.4, 0.5) is 0 Å². The average molecular weight is 255 g/mol. The average Bonchev–Trinajstić information content (AvgIpc) is 2.47. The molecule has 0 saturated carbocycles. The number of Topliss-reactive ketones (excluding diaryl/α,β-unsaturated/α-hetero) is 1. The van der Waals surface area contributed by atoms with Crippen molar-refractivity contribution >= 4 is 11.8 Å². The van der Waals surface area contributed by atoms with E-state index in [1.54, 1.807) is 48.5 Å². The predicted octanol–water partition coefficient (Wildman–Crippen LogP) is 2.05.